The van der Waals surface area contributed by atoms with Crippen molar-refractivity contribution in [3.8, 4) is 5.75 Å². The Kier molecular flexibility index (Phi) is 3.06. The van der Waals surface area contributed by atoms with Gasteiger partial charge >= 0.3 is 0 Å². The lowest BCUT2D eigenvalue weighted by molar-refractivity contribution is 0.0982. The second kappa shape index (κ2) is 5.06. The van der Waals surface area contributed by atoms with E-state index >= 15 is 0 Å². The number of rotatable bonds is 2. The van der Waals surface area contributed by atoms with Gasteiger partial charge < -0.3 is 9.30 Å². The van der Waals surface area contributed by atoms with Gasteiger partial charge in [-0.2, -0.15) is 0 Å². The van der Waals surface area contributed by atoms with Crippen molar-refractivity contribution in [3.63, 3.8) is 0 Å². The van der Waals surface area contributed by atoms with Crippen LogP contribution < -0.4 is 4.74 Å². The molecule has 2 heterocycles. The number of para-hydroxylation sites is 1. The van der Waals surface area contributed by atoms with Gasteiger partial charge in [-0.3, -0.25) is 4.79 Å². The summed E-state index contributed by atoms with van der Waals surface area (Å²) in [5.41, 5.74) is 3.46. The normalized spacial score (nSPS) is 20.6. The lowest BCUT2D eigenvalue weighted by atomic mass is 10.0. The number of carbonyl (C=O) groups is 1. The van der Waals surface area contributed by atoms with Gasteiger partial charge in [0.1, 0.15) is 5.75 Å². The molecule has 1 aromatic heterocycles. The maximum atomic E-state index is 12.1. The van der Waals surface area contributed by atoms with Gasteiger partial charge in [0.25, 0.3) is 0 Å². The Morgan fingerprint density at radius 2 is 2.00 bits per heavy atom. The van der Waals surface area contributed by atoms with Crippen LogP contribution in [0.25, 0.3) is 0 Å². The lowest BCUT2D eigenvalue weighted by Crippen LogP contribution is -2.09. The summed E-state index contributed by atoms with van der Waals surface area (Å²) in [6, 6.07) is 8.25. The van der Waals surface area contributed by atoms with Crippen molar-refractivity contribution in [2.24, 2.45) is 0 Å². The molecule has 1 aliphatic carbocycles. The van der Waals surface area contributed by atoms with Crippen LogP contribution in [0.2, 0.25) is 0 Å². The molecular formula is C18H19NO2. The van der Waals surface area contributed by atoms with Gasteiger partial charge in [0, 0.05) is 42.4 Å². The smallest absolute Gasteiger partial charge is 0.164 e. The third-order valence-corrected chi connectivity index (χ3v) is 4.59. The molecule has 0 amide bonds. The molecule has 1 unspecified atom stereocenters. The number of aromatic nitrogens is 1. The lowest BCUT2D eigenvalue weighted by Gasteiger charge is -2.10. The van der Waals surface area contributed by atoms with E-state index in [9.17, 15) is 4.79 Å². The third kappa shape index (κ3) is 2.27. The average Bonchev–Trinajstić information content (AvgIpc) is 3.05. The van der Waals surface area contributed by atoms with E-state index in [2.05, 4.69) is 22.9 Å². The van der Waals surface area contributed by atoms with E-state index in [0.717, 1.165) is 43.7 Å². The second-order valence-electron chi connectivity index (χ2n) is 6.07. The predicted octanol–water partition coefficient (Wildman–Crippen LogP) is 3.57. The molecule has 3 heteroatoms. The first kappa shape index (κ1) is 12.7. The van der Waals surface area contributed by atoms with E-state index in [4.69, 9.17) is 4.74 Å². The number of aryl methyl sites for hydroxylation is 1. The maximum absolute atomic E-state index is 12.1. The fraction of sp³-hybridized carbons (Fsp3) is 0.389. The Balaban J connectivity index is 1.59. The summed E-state index contributed by atoms with van der Waals surface area (Å²) in [5, 5.41) is 0. The van der Waals surface area contributed by atoms with Crippen LogP contribution in [-0.2, 0) is 13.0 Å². The van der Waals surface area contributed by atoms with Crippen LogP contribution in [0, 0.1) is 0 Å². The van der Waals surface area contributed by atoms with Gasteiger partial charge in [0.05, 0.1) is 6.61 Å². The van der Waals surface area contributed by atoms with Gasteiger partial charge in [-0.25, -0.2) is 0 Å². The molecule has 0 saturated heterocycles. The minimum absolute atomic E-state index is 0.310. The van der Waals surface area contributed by atoms with Crippen LogP contribution in [0.5, 0.6) is 5.75 Å². The van der Waals surface area contributed by atoms with E-state index in [1.54, 1.807) is 0 Å². The summed E-state index contributed by atoms with van der Waals surface area (Å²) in [6.45, 7) is 1.62. The molecular weight excluding hydrogens is 262 g/mol. The molecule has 108 valence electrons. The highest BCUT2D eigenvalue weighted by atomic mass is 16.5. The Morgan fingerprint density at radius 3 is 2.95 bits per heavy atom. The Hall–Kier alpha value is -2.03. The second-order valence-corrected chi connectivity index (χ2v) is 6.07. The highest BCUT2D eigenvalue weighted by molar-refractivity contribution is 5.97. The first-order valence-electron chi connectivity index (χ1n) is 7.75. The van der Waals surface area contributed by atoms with E-state index in [1.807, 2.05) is 18.3 Å². The van der Waals surface area contributed by atoms with Crippen molar-refractivity contribution < 1.29 is 9.53 Å². The molecule has 2 aliphatic rings. The first-order chi connectivity index (χ1) is 10.3. The standard InChI is InChI=1S/C18H19NO2/c20-17-7-3-1-5-13-9-19(11-16(13)17)10-14-12-21-18-8-4-2-6-15(14)18/h2,4,6,8-9,11,14H,1,3,5,7,10,12H2. The van der Waals surface area contributed by atoms with E-state index < -0.39 is 0 Å². The quantitative estimate of drug-likeness (QED) is 0.788. The molecule has 1 aromatic carbocycles. The van der Waals surface area contributed by atoms with E-state index in [1.165, 1.54) is 11.1 Å². The summed E-state index contributed by atoms with van der Waals surface area (Å²) in [4.78, 5) is 12.1. The van der Waals surface area contributed by atoms with Crippen molar-refractivity contribution >= 4 is 5.78 Å². The average molecular weight is 281 g/mol. The number of benzene rings is 1. The number of nitrogens with zero attached hydrogens (tertiary/aromatic N) is 1. The van der Waals surface area contributed by atoms with Crippen LogP contribution >= 0.6 is 0 Å². The number of carbonyl (C=O) groups excluding carboxylic acids is 1. The van der Waals surface area contributed by atoms with Crippen molar-refractivity contribution in [2.45, 2.75) is 38.1 Å². The molecule has 0 fully saturated rings. The van der Waals surface area contributed by atoms with Crippen LogP contribution in [0.15, 0.2) is 36.7 Å². The zero-order valence-corrected chi connectivity index (χ0v) is 12.0. The molecule has 4 rings (SSSR count). The Labute approximate surface area is 124 Å². The van der Waals surface area contributed by atoms with Crippen LogP contribution in [0.1, 0.15) is 46.7 Å². The maximum Gasteiger partial charge on any atom is 0.164 e. The third-order valence-electron chi connectivity index (χ3n) is 4.59. The number of hydrogen-bond donors (Lipinski definition) is 0. The number of ketones is 1. The van der Waals surface area contributed by atoms with E-state index in [-0.39, 0.29) is 0 Å². The fourth-order valence-electron chi connectivity index (χ4n) is 3.48. The first-order valence-corrected chi connectivity index (χ1v) is 7.75. The minimum Gasteiger partial charge on any atom is -0.493 e. The highest BCUT2D eigenvalue weighted by Crippen LogP contribution is 2.35. The number of hydrogen-bond acceptors (Lipinski definition) is 2. The molecule has 0 N–H and O–H groups in total. The molecule has 3 nitrogen and oxygen atoms in total. The van der Waals surface area contributed by atoms with Gasteiger partial charge in [-0.15, -0.1) is 0 Å². The summed E-state index contributed by atoms with van der Waals surface area (Å²) in [7, 11) is 0. The number of fused-ring (bicyclic) bond motifs is 2. The minimum atomic E-state index is 0.310. The SMILES string of the molecule is O=C1CCCCc2cn(CC3COc4ccccc43)cc21. The van der Waals surface area contributed by atoms with E-state index in [0.29, 0.717) is 18.1 Å². The summed E-state index contributed by atoms with van der Waals surface area (Å²) < 4.78 is 7.93. The fourth-order valence-corrected chi connectivity index (χ4v) is 3.48. The van der Waals surface area contributed by atoms with Crippen LogP contribution in [0.3, 0.4) is 0 Å². The monoisotopic (exact) mass is 281 g/mol. The van der Waals surface area contributed by atoms with Gasteiger partial charge in [-0.05, 0) is 30.9 Å². The van der Waals surface area contributed by atoms with Crippen molar-refractivity contribution in [3.05, 3.63) is 53.3 Å². The van der Waals surface area contributed by atoms with Gasteiger partial charge in [0.2, 0.25) is 0 Å². The molecule has 1 aliphatic heterocycles. The zero-order chi connectivity index (χ0) is 14.2. The topological polar surface area (TPSA) is 31.2 Å². The summed E-state index contributed by atoms with van der Waals surface area (Å²) >= 11 is 0. The highest BCUT2D eigenvalue weighted by Gasteiger charge is 2.25. The van der Waals surface area contributed by atoms with Crippen molar-refractivity contribution in [1.82, 2.24) is 4.57 Å². The van der Waals surface area contributed by atoms with Crippen molar-refractivity contribution in [1.29, 1.82) is 0 Å². The zero-order valence-electron chi connectivity index (χ0n) is 12.0. The summed E-state index contributed by atoms with van der Waals surface area (Å²) in [6.07, 6.45) is 8.09. The molecule has 2 aromatic rings. The van der Waals surface area contributed by atoms with Gasteiger partial charge in [-0.1, -0.05) is 18.2 Å². The molecule has 0 saturated carbocycles. The predicted molar refractivity (Wildman–Crippen MR) is 81.0 cm³/mol. The summed E-state index contributed by atoms with van der Waals surface area (Å²) in [5.74, 6) is 1.70. The number of ether oxygens (including phenoxy) is 1. The molecule has 1 atom stereocenters. The molecule has 0 bridgehead atoms. The van der Waals surface area contributed by atoms with Gasteiger partial charge in [0.15, 0.2) is 5.78 Å². The largest absolute Gasteiger partial charge is 0.493 e. The molecule has 0 spiro atoms. The molecule has 21 heavy (non-hydrogen) atoms. The Morgan fingerprint density at radius 1 is 1.14 bits per heavy atom. The number of Topliss-reactive ketones (excluding diaryl/α,β-unsaturated/α-hetero) is 1. The Bertz CT molecular complexity index is 686. The van der Waals surface area contributed by atoms with Crippen LogP contribution in [0.4, 0.5) is 0 Å². The van der Waals surface area contributed by atoms with Crippen molar-refractivity contribution in [2.75, 3.05) is 6.61 Å². The van der Waals surface area contributed by atoms with Crippen LogP contribution in [-0.4, -0.2) is 17.0 Å². The molecule has 0 radical (unpaired) electrons.